The van der Waals surface area contributed by atoms with Gasteiger partial charge in [0.25, 0.3) is 0 Å². The van der Waals surface area contributed by atoms with E-state index in [1.54, 1.807) is 12.1 Å². The summed E-state index contributed by atoms with van der Waals surface area (Å²) >= 11 is 0. The highest BCUT2D eigenvalue weighted by atomic mass is 16.5. The largest absolute Gasteiger partial charge is 0.462 e. The molecule has 3 heteroatoms. The van der Waals surface area contributed by atoms with Gasteiger partial charge in [0.2, 0.25) is 0 Å². The fraction of sp³-hybridized carbons (Fsp3) is 0.759. The molecule has 184 valence electrons. The second-order valence-corrected chi connectivity index (χ2v) is 11.6. The summed E-state index contributed by atoms with van der Waals surface area (Å²) in [6.07, 6.45) is 10.3. The first-order valence-electron chi connectivity index (χ1n) is 12.9. The molecule has 0 aromatic heterocycles. The molecular formula is C29H50O3. The third kappa shape index (κ3) is 10.5. The van der Waals surface area contributed by atoms with Gasteiger partial charge in [0.15, 0.2) is 0 Å². The molecule has 0 aliphatic carbocycles. The fourth-order valence-electron chi connectivity index (χ4n) is 4.77. The minimum Gasteiger partial charge on any atom is -0.462 e. The molecule has 0 aliphatic heterocycles. The molecule has 0 spiro atoms. The lowest BCUT2D eigenvalue weighted by molar-refractivity contribution is -0.0508. The van der Waals surface area contributed by atoms with Crippen LogP contribution >= 0.6 is 0 Å². The third-order valence-electron chi connectivity index (χ3n) is 6.84. The van der Waals surface area contributed by atoms with Gasteiger partial charge in [-0.25, -0.2) is 4.79 Å². The molecule has 32 heavy (non-hydrogen) atoms. The number of hydrogen-bond acceptors (Lipinski definition) is 3. The van der Waals surface area contributed by atoms with Gasteiger partial charge < -0.3 is 9.84 Å². The van der Waals surface area contributed by atoms with Crippen molar-refractivity contribution in [2.45, 2.75) is 112 Å². The molecule has 0 bridgehead atoms. The van der Waals surface area contributed by atoms with E-state index in [-0.39, 0.29) is 28.6 Å². The Morgan fingerprint density at radius 2 is 1.31 bits per heavy atom. The number of carbonyl (C=O) groups is 1. The minimum absolute atomic E-state index is 0.0336. The Labute approximate surface area is 198 Å². The Balaban J connectivity index is 2.69. The van der Waals surface area contributed by atoms with Gasteiger partial charge >= 0.3 is 5.97 Å². The van der Waals surface area contributed by atoms with Crippen molar-refractivity contribution in [1.82, 2.24) is 0 Å². The lowest BCUT2D eigenvalue weighted by Crippen LogP contribution is -2.43. The van der Waals surface area contributed by atoms with Crippen LogP contribution in [0.1, 0.15) is 117 Å². The molecule has 1 aromatic rings. The molecule has 0 heterocycles. The Hall–Kier alpha value is -1.35. The topological polar surface area (TPSA) is 46.5 Å². The van der Waals surface area contributed by atoms with Crippen LogP contribution in [0.4, 0.5) is 0 Å². The Kier molecular flexibility index (Phi) is 12.6. The van der Waals surface area contributed by atoms with Gasteiger partial charge in [-0.3, -0.25) is 0 Å². The average molecular weight is 447 g/mol. The zero-order valence-electron chi connectivity index (χ0n) is 22.0. The normalized spacial score (nSPS) is 15.2. The van der Waals surface area contributed by atoms with E-state index < -0.39 is 6.10 Å². The van der Waals surface area contributed by atoms with Gasteiger partial charge in [-0.15, -0.1) is 0 Å². The van der Waals surface area contributed by atoms with Crippen LogP contribution in [0.15, 0.2) is 30.3 Å². The fourth-order valence-corrected chi connectivity index (χ4v) is 4.77. The van der Waals surface area contributed by atoms with Gasteiger partial charge in [0.1, 0.15) is 0 Å². The molecular weight excluding hydrogens is 396 g/mol. The number of aliphatic hydroxyl groups excluding tert-OH is 1. The van der Waals surface area contributed by atoms with E-state index in [4.69, 9.17) is 4.74 Å². The number of benzene rings is 1. The second kappa shape index (κ2) is 14.0. The quantitative estimate of drug-likeness (QED) is 0.232. The van der Waals surface area contributed by atoms with Crippen molar-refractivity contribution in [1.29, 1.82) is 0 Å². The average Bonchev–Trinajstić information content (AvgIpc) is 2.71. The van der Waals surface area contributed by atoms with Crippen LogP contribution < -0.4 is 0 Å². The Morgan fingerprint density at radius 1 is 0.812 bits per heavy atom. The van der Waals surface area contributed by atoms with Gasteiger partial charge in [-0.1, -0.05) is 112 Å². The highest BCUT2D eigenvalue weighted by Crippen LogP contribution is 2.42. The summed E-state index contributed by atoms with van der Waals surface area (Å²) in [4.78, 5) is 12.3. The van der Waals surface area contributed by atoms with Crippen LogP contribution in [0.25, 0.3) is 0 Å². The van der Waals surface area contributed by atoms with Crippen molar-refractivity contribution in [3.8, 4) is 0 Å². The maximum Gasteiger partial charge on any atom is 0.338 e. The van der Waals surface area contributed by atoms with Gasteiger partial charge in [-0.2, -0.15) is 0 Å². The monoisotopic (exact) mass is 446 g/mol. The van der Waals surface area contributed by atoms with E-state index in [1.807, 2.05) is 18.2 Å². The standard InChI is InChI=1S/C29H50O3/c1-8-9-10-11-12-13-17-20-24(28(2,3)4)26(30)25(29(5,6)7)21-22-32-27(31)23-18-15-14-16-19-23/h14-16,18-19,24-26,30H,8-13,17,20-22H2,1-7H3. The van der Waals surface area contributed by atoms with E-state index in [9.17, 15) is 9.90 Å². The first-order valence-corrected chi connectivity index (χ1v) is 12.9. The Bertz CT molecular complexity index is 624. The zero-order valence-corrected chi connectivity index (χ0v) is 22.0. The van der Waals surface area contributed by atoms with E-state index in [0.717, 1.165) is 6.42 Å². The lowest BCUT2D eigenvalue weighted by Gasteiger charge is -2.43. The van der Waals surface area contributed by atoms with Gasteiger partial charge in [0.05, 0.1) is 18.3 Å². The van der Waals surface area contributed by atoms with Crippen molar-refractivity contribution >= 4 is 5.97 Å². The molecule has 3 unspecified atom stereocenters. The van der Waals surface area contributed by atoms with E-state index in [2.05, 4.69) is 48.5 Å². The number of aliphatic hydroxyl groups is 1. The van der Waals surface area contributed by atoms with Crippen LogP contribution in [0, 0.1) is 22.7 Å². The smallest absolute Gasteiger partial charge is 0.338 e. The van der Waals surface area contributed by atoms with Crippen molar-refractivity contribution in [2.24, 2.45) is 22.7 Å². The van der Waals surface area contributed by atoms with Gasteiger partial charge in [-0.05, 0) is 47.6 Å². The second-order valence-electron chi connectivity index (χ2n) is 11.6. The predicted molar refractivity (Wildman–Crippen MR) is 136 cm³/mol. The SMILES string of the molecule is CCCCCCCCCC(C(O)C(CCOC(=O)c1ccccc1)C(C)(C)C)C(C)(C)C. The van der Waals surface area contributed by atoms with Crippen molar-refractivity contribution in [2.75, 3.05) is 6.61 Å². The summed E-state index contributed by atoms with van der Waals surface area (Å²) in [5.74, 6) is 0.00948. The summed E-state index contributed by atoms with van der Waals surface area (Å²) in [5, 5.41) is 11.6. The first-order chi connectivity index (χ1) is 15.0. The van der Waals surface area contributed by atoms with E-state index in [1.165, 1.54) is 44.9 Å². The van der Waals surface area contributed by atoms with Crippen molar-refractivity contribution in [3.63, 3.8) is 0 Å². The third-order valence-corrected chi connectivity index (χ3v) is 6.84. The van der Waals surface area contributed by atoms with Crippen molar-refractivity contribution in [3.05, 3.63) is 35.9 Å². The molecule has 1 aromatic carbocycles. The number of esters is 1. The molecule has 3 atom stereocenters. The van der Waals surface area contributed by atoms with Crippen LogP contribution in [0.3, 0.4) is 0 Å². The number of hydrogen-bond donors (Lipinski definition) is 1. The minimum atomic E-state index is -0.412. The summed E-state index contributed by atoms with van der Waals surface area (Å²) in [6, 6.07) is 9.12. The highest BCUT2D eigenvalue weighted by molar-refractivity contribution is 5.89. The number of carbonyl (C=O) groups excluding carboxylic acids is 1. The lowest BCUT2D eigenvalue weighted by atomic mass is 9.65. The number of rotatable bonds is 14. The molecule has 0 fully saturated rings. The molecule has 1 N–H and O–H groups in total. The number of ether oxygens (including phenoxy) is 1. The molecule has 0 amide bonds. The predicted octanol–water partition coefficient (Wildman–Crippen LogP) is 8.06. The summed E-state index contributed by atoms with van der Waals surface area (Å²) in [6.45, 7) is 15.9. The van der Waals surface area contributed by atoms with Crippen LogP contribution in [0.2, 0.25) is 0 Å². The van der Waals surface area contributed by atoms with E-state index in [0.29, 0.717) is 18.6 Å². The Morgan fingerprint density at radius 3 is 1.84 bits per heavy atom. The molecule has 3 nitrogen and oxygen atoms in total. The first kappa shape index (κ1) is 28.7. The molecule has 0 saturated carbocycles. The van der Waals surface area contributed by atoms with E-state index >= 15 is 0 Å². The van der Waals surface area contributed by atoms with Crippen LogP contribution in [0.5, 0.6) is 0 Å². The zero-order chi connectivity index (χ0) is 24.2. The molecule has 1 rings (SSSR count). The molecule has 0 radical (unpaired) electrons. The summed E-state index contributed by atoms with van der Waals surface area (Å²) < 4.78 is 5.56. The molecule has 0 saturated heterocycles. The summed E-state index contributed by atoms with van der Waals surface area (Å²) in [5.41, 5.74) is 0.542. The maximum atomic E-state index is 12.3. The van der Waals surface area contributed by atoms with Crippen molar-refractivity contribution < 1.29 is 14.6 Å². The number of unbranched alkanes of at least 4 members (excludes halogenated alkanes) is 6. The molecule has 0 aliphatic rings. The van der Waals surface area contributed by atoms with Gasteiger partial charge in [0, 0.05) is 0 Å². The highest BCUT2D eigenvalue weighted by Gasteiger charge is 2.40. The van der Waals surface area contributed by atoms with Crippen LogP contribution in [-0.4, -0.2) is 23.8 Å². The summed E-state index contributed by atoms with van der Waals surface area (Å²) in [7, 11) is 0. The van der Waals surface area contributed by atoms with Crippen LogP contribution in [-0.2, 0) is 4.74 Å². The maximum absolute atomic E-state index is 12.3.